The molecule has 0 aliphatic heterocycles. The van der Waals surface area contributed by atoms with Gasteiger partial charge in [-0.2, -0.15) is 5.10 Å². The lowest BCUT2D eigenvalue weighted by Crippen LogP contribution is -2.37. The van der Waals surface area contributed by atoms with Crippen molar-refractivity contribution >= 4 is 29.6 Å². The number of carbonyl (C=O) groups excluding carboxylic acids is 3. The standard InChI is InChI=1S/C26H26N4O4/c1-18-8-6-13-23(19(18)2)29-24(31)17-34-22-12-7-11-21(14-22)16-28-30-26(33)25(32)27-15-20-9-4-3-5-10-20/h3-14,16H,15,17H2,1-2H3,(H,27,32)(H,29,31)(H,30,33)/b28-16-. The highest BCUT2D eigenvalue weighted by Gasteiger charge is 2.12. The van der Waals surface area contributed by atoms with Crippen LogP contribution >= 0.6 is 0 Å². The van der Waals surface area contributed by atoms with Crippen LogP contribution in [0, 0.1) is 13.8 Å². The summed E-state index contributed by atoms with van der Waals surface area (Å²) in [6.07, 6.45) is 1.38. The van der Waals surface area contributed by atoms with Gasteiger partial charge in [-0.05, 0) is 54.3 Å². The highest BCUT2D eigenvalue weighted by molar-refractivity contribution is 6.35. The van der Waals surface area contributed by atoms with Crippen LogP contribution in [0.3, 0.4) is 0 Å². The lowest BCUT2D eigenvalue weighted by Gasteiger charge is -2.11. The van der Waals surface area contributed by atoms with Crippen LogP contribution in [0.2, 0.25) is 0 Å². The first-order valence-corrected chi connectivity index (χ1v) is 10.7. The molecule has 0 saturated carbocycles. The van der Waals surface area contributed by atoms with E-state index >= 15 is 0 Å². The average molecular weight is 459 g/mol. The number of nitrogens with one attached hydrogen (secondary N) is 3. The third-order valence-electron chi connectivity index (χ3n) is 4.99. The van der Waals surface area contributed by atoms with E-state index in [-0.39, 0.29) is 19.1 Å². The van der Waals surface area contributed by atoms with Gasteiger partial charge in [-0.1, -0.05) is 54.6 Å². The number of hydrazone groups is 1. The van der Waals surface area contributed by atoms with Gasteiger partial charge in [0.15, 0.2) is 6.61 Å². The third-order valence-corrected chi connectivity index (χ3v) is 4.99. The number of carbonyl (C=O) groups is 3. The van der Waals surface area contributed by atoms with E-state index in [4.69, 9.17) is 4.74 Å². The topological polar surface area (TPSA) is 109 Å². The smallest absolute Gasteiger partial charge is 0.329 e. The highest BCUT2D eigenvalue weighted by Crippen LogP contribution is 2.18. The fraction of sp³-hybridized carbons (Fsp3) is 0.154. The van der Waals surface area contributed by atoms with Gasteiger partial charge in [0.2, 0.25) is 0 Å². The minimum absolute atomic E-state index is 0.160. The molecule has 3 aromatic carbocycles. The molecule has 0 spiro atoms. The molecule has 3 N–H and O–H groups in total. The second kappa shape index (κ2) is 12.0. The van der Waals surface area contributed by atoms with E-state index in [0.29, 0.717) is 11.3 Å². The second-order valence-electron chi connectivity index (χ2n) is 7.52. The Morgan fingerprint density at radius 3 is 2.47 bits per heavy atom. The monoisotopic (exact) mass is 458 g/mol. The van der Waals surface area contributed by atoms with Crippen LogP contribution < -0.4 is 20.8 Å². The zero-order chi connectivity index (χ0) is 24.3. The molecule has 8 heteroatoms. The van der Waals surface area contributed by atoms with E-state index in [1.165, 1.54) is 6.21 Å². The Hall–Kier alpha value is -4.46. The summed E-state index contributed by atoms with van der Waals surface area (Å²) in [5.41, 5.74) is 6.53. The van der Waals surface area contributed by atoms with Gasteiger partial charge in [0, 0.05) is 12.2 Å². The molecule has 0 radical (unpaired) electrons. The number of hydrogen-bond donors (Lipinski definition) is 3. The molecular weight excluding hydrogens is 432 g/mol. The zero-order valence-electron chi connectivity index (χ0n) is 19.0. The van der Waals surface area contributed by atoms with Crippen molar-refractivity contribution in [1.82, 2.24) is 10.7 Å². The van der Waals surface area contributed by atoms with E-state index in [1.807, 2.05) is 62.4 Å². The lowest BCUT2D eigenvalue weighted by atomic mass is 10.1. The number of ether oxygens (including phenoxy) is 1. The van der Waals surface area contributed by atoms with Crippen molar-refractivity contribution in [2.75, 3.05) is 11.9 Å². The van der Waals surface area contributed by atoms with E-state index < -0.39 is 11.8 Å². The van der Waals surface area contributed by atoms with Crippen LogP contribution in [0.4, 0.5) is 5.69 Å². The van der Waals surface area contributed by atoms with E-state index in [9.17, 15) is 14.4 Å². The van der Waals surface area contributed by atoms with Gasteiger partial charge in [0.1, 0.15) is 5.75 Å². The molecule has 3 rings (SSSR count). The van der Waals surface area contributed by atoms with Crippen LogP contribution in [-0.2, 0) is 20.9 Å². The van der Waals surface area contributed by atoms with Crippen molar-refractivity contribution < 1.29 is 19.1 Å². The number of amides is 3. The number of benzene rings is 3. The Balaban J connectivity index is 1.46. The first-order chi connectivity index (χ1) is 16.4. The molecule has 0 saturated heterocycles. The molecule has 0 bridgehead atoms. The molecule has 0 atom stereocenters. The van der Waals surface area contributed by atoms with Gasteiger partial charge in [0.25, 0.3) is 5.91 Å². The molecule has 34 heavy (non-hydrogen) atoms. The Morgan fingerprint density at radius 1 is 0.912 bits per heavy atom. The molecular formula is C26H26N4O4. The number of rotatable bonds is 8. The molecule has 0 fully saturated rings. The van der Waals surface area contributed by atoms with E-state index in [0.717, 1.165) is 22.4 Å². The number of nitrogens with zero attached hydrogens (tertiary/aromatic N) is 1. The molecule has 0 heterocycles. The number of aryl methyl sites for hydroxylation is 1. The number of anilines is 1. The molecule has 0 unspecified atom stereocenters. The summed E-state index contributed by atoms with van der Waals surface area (Å²) in [7, 11) is 0. The van der Waals surface area contributed by atoms with Crippen molar-refractivity contribution in [2.24, 2.45) is 5.10 Å². The maximum Gasteiger partial charge on any atom is 0.329 e. The summed E-state index contributed by atoms with van der Waals surface area (Å²) in [6, 6.07) is 21.8. The summed E-state index contributed by atoms with van der Waals surface area (Å²) in [5, 5.41) is 9.17. The average Bonchev–Trinajstić information content (AvgIpc) is 2.85. The minimum Gasteiger partial charge on any atom is -0.484 e. The number of hydrogen-bond acceptors (Lipinski definition) is 5. The predicted molar refractivity (Wildman–Crippen MR) is 131 cm³/mol. The maximum absolute atomic E-state index is 12.2. The van der Waals surface area contributed by atoms with Crippen LogP contribution in [0.1, 0.15) is 22.3 Å². The van der Waals surface area contributed by atoms with Gasteiger partial charge in [-0.15, -0.1) is 0 Å². The van der Waals surface area contributed by atoms with Crippen LogP contribution in [0.5, 0.6) is 5.75 Å². The Labute approximate surface area is 198 Å². The SMILES string of the molecule is Cc1cccc(NC(=O)COc2cccc(/C=N\NC(=O)C(=O)NCc3ccccc3)c2)c1C. The van der Waals surface area contributed by atoms with Gasteiger partial charge in [0.05, 0.1) is 6.21 Å². The van der Waals surface area contributed by atoms with E-state index in [2.05, 4.69) is 21.2 Å². The summed E-state index contributed by atoms with van der Waals surface area (Å²) in [6.45, 7) is 4.01. The molecule has 0 aromatic heterocycles. The van der Waals surface area contributed by atoms with Crippen molar-refractivity contribution in [3.8, 4) is 5.75 Å². The Bertz CT molecular complexity index is 1190. The van der Waals surface area contributed by atoms with Gasteiger partial charge >= 0.3 is 11.8 Å². The van der Waals surface area contributed by atoms with Gasteiger partial charge in [-0.25, -0.2) is 5.43 Å². The Morgan fingerprint density at radius 2 is 1.68 bits per heavy atom. The molecule has 174 valence electrons. The first-order valence-electron chi connectivity index (χ1n) is 10.7. The van der Waals surface area contributed by atoms with Crippen molar-refractivity contribution in [3.05, 3.63) is 95.1 Å². The summed E-state index contributed by atoms with van der Waals surface area (Å²) < 4.78 is 5.57. The van der Waals surface area contributed by atoms with E-state index in [1.54, 1.807) is 24.3 Å². The predicted octanol–water partition coefficient (Wildman–Crippen LogP) is 3.09. The van der Waals surface area contributed by atoms with Crippen LogP contribution in [-0.4, -0.2) is 30.5 Å². The molecule has 8 nitrogen and oxygen atoms in total. The van der Waals surface area contributed by atoms with Gasteiger partial charge < -0.3 is 15.4 Å². The summed E-state index contributed by atoms with van der Waals surface area (Å²) >= 11 is 0. The molecule has 0 aliphatic rings. The maximum atomic E-state index is 12.2. The normalized spacial score (nSPS) is 10.5. The molecule has 3 amide bonds. The van der Waals surface area contributed by atoms with Crippen LogP contribution in [0.15, 0.2) is 77.9 Å². The summed E-state index contributed by atoms with van der Waals surface area (Å²) in [5.74, 6) is -1.47. The Kier molecular flexibility index (Phi) is 8.51. The van der Waals surface area contributed by atoms with Crippen molar-refractivity contribution in [2.45, 2.75) is 20.4 Å². The zero-order valence-corrected chi connectivity index (χ0v) is 19.0. The first kappa shape index (κ1) is 24.2. The fourth-order valence-corrected chi connectivity index (χ4v) is 2.98. The fourth-order valence-electron chi connectivity index (χ4n) is 2.98. The largest absolute Gasteiger partial charge is 0.484 e. The van der Waals surface area contributed by atoms with Crippen molar-refractivity contribution in [1.29, 1.82) is 0 Å². The molecule has 0 aliphatic carbocycles. The second-order valence-corrected chi connectivity index (χ2v) is 7.52. The van der Waals surface area contributed by atoms with Gasteiger partial charge in [-0.3, -0.25) is 14.4 Å². The molecule has 3 aromatic rings. The van der Waals surface area contributed by atoms with Crippen molar-refractivity contribution in [3.63, 3.8) is 0 Å². The lowest BCUT2D eigenvalue weighted by molar-refractivity contribution is -0.139. The quantitative estimate of drug-likeness (QED) is 0.274. The summed E-state index contributed by atoms with van der Waals surface area (Å²) in [4.78, 5) is 36.0. The van der Waals surface area contributed by atoms with Crippen LogP contribution in [0.25, 0.3) is 0 Å². The third kappa shape index (κ3) is 7.30. The highest BCUT2D eigenvalue weighted by atomic mass is 16.5. The minimum atomic E-state index is -0.873.